The Hall–Kier alpha value is -2.07. The summed E-state index contributed by atoms with van der Waals surface area (Å²) in [6.07, 6.45) is 0.568. The molecule has 1 atom stereocenters. The van der Waals surface area contributed by atoms with Crippen molar-refractivity contribution in [1.29, 1.82) is 0 Å². The maximum atomic E-state index is 13.5. The summed E-state index contributed by atoms with van der Waals surface area (Å²) in [7, 11) is 0. The molecule has 0 saturated carbocycles. The molecule has 0 bridgehead atoms. The molecule has 2 aromatic carbocycles. The first-order chi connectivity index (χ1) is 10.6. The summed E-state index contributed by atoms with van der Waals surface area (Å²) in [5, 5.41) is 3.38. The van der Waals surface area contributed by atoms with E-state index in [0.29, 0.717) is 23.6 Å². The first-order valence-electron chi connectivity index (χ1n) is 7.06. The van der Waals surface area contributed by atoms with Gasteiger partial charge in [-0.15, -0.1) is 0 Å². The molecular formula is C17H15ClFNO2. The van der Waals surface area contributed by atoms with Crippen molar-refractivity contribution in [3.05, 3.63) is 64.4 Å². The molecule has 1 aliphatic rings. The van der Waals surface area contributed by atoms with Crippen molar-refractivity contribution in [1.82, 2.24) is 5.32 Å². The van der Waals surface area contributed by atoms with Crippen LogP contribution in [0.3, 0.4) is 0 Å². The normalized spacial score (nSPS) is 16.5. The minimum Gasteiger partial charge on any atom is -0.492 e. The van der Waals surface area contributed by atoms with Gasteiger partial charge in [-0.05, 0) is 36.2 Å². The van der Waals surface area contributed by atoms with Gasteiger partial charge < -0.3 is 10.1 Å². The van der Waals surface area contributed by atoms with Crippen LogP contribution in [-0.2, 0) is 17.8 Å². The highest BCUT2D eigenvalue weighted by atomic mass is 35.5. The Balaban J connectivity index is 1.63. The highest BCUT2D eigenvalue weighted by Crippen LogP contribution is 2.29. The summed E-state index contributed by atoms with van der Waals surface area (Å²) >= 11 is 5.96. The van der Waals surface area contributed by atoms with E-state index < -0.39 is 0 Å². The first kappa shape index (κ1) is 14.9. The molecule has 5 heteroatoms. The molecule has 0 fully saturated rings. The highest BCUT2D eigenvalue weighted by Gasteiger charge is 2.26. The Morgan fingerprint density at radius 1 is 1.32 bits per heavy atom. The number of carbonyl (C=O) groups excluding carboxylic acids is 1. The summed E-state index contributed by atoms with van der Waals surface area (Å²) in [6, 6.07) is 11.8. The molecule has 0 unspecified atom stereocenters. The predicted molar refractivity (Wildman–Crippen MR) is 82.4 cm³/mol. The van der Waals surface area contributed by atoms with Gasteiger partial charge in [-0.3, -0.25) is 4.79 Å². The van der Waals surface area contributed by atoms with Crippen LogP contribution in [0.25, 0.3) is 0 Å². The number of rotatable bonds is 3. The van der Waals surface area contributed by atoms with Crippen molar-refractivity contribution < 1.29 is 13.9 Å². The molecule has 22 heavy (non-hydrogen) atoms. The number of amides is 1. The number of halogens is 2. The summed E-state index contributed by atoms with van der Waals surface area (Å²) in [5.74, 6) is 0.00833. The summed E-state index contributed by atoms with van der Waals surface area (Å²) < 4.78 is 19.1. The SMILES string of the molecule is O=C(NCc1ccccc1F)[C@@H]1COc2ccc(Cl)cc2C1. The second-order valence-corrected chi connectivity index (χ2v) is 5.71. The zero-order chi connectivity index (χ0) is 15.5. The lowest BCUT2D eigenvalue weighted by Crippen LogP contribution is -2.37. The monoisotopic (exact) mass is 319 g/mol. The van der Waals surface area contributed by atoms with Gasteiger partial charge in [-0.1, -0.05) is 29.8 Å². The van der Waals surface area contributed by atoms with Crippen LogP contribution >= 0.6 is 11.6 Å². The van der Waals surface area contributed by atoms with Crippen molar-refractivity contribution in [3.63, 3.8) is 0 Å². The fourth-order valence-corrected chi connectivity index (χ4v) is 2.69. The lowest BCUT2D eigenvalue weighted by atomic mass is 9.96. The Morgan fingerprint density at radius 3 is 2.95 bits per heavy atom. The molecule has 0 radical (unpaired) electrons. The molecular weight excluding hydrogens is 305 g/mol. The standard InChI is InChI=1S/C17H15ClFNO2/c18-14-5-6-16-12(8-14)7-13(10-22-16)17(21)20-9-11-3-1-2-4-15(11)19/h1-6,8,13H,7,9-10H2,(H,20,21)/t13-/m0/s1. The number of fused-ring (bicyclic) bond motifs is 1. The summed E-state index contributed by atoms with van der Waals surface area (Å²) in [6.45, 7) is 0.488. The van der Waals surface area contributed by atoms with E-state index in [1.807, 2.05) is 12.1 Å². The second kappa shape index (κ2) is 6.36. The van der Waals surface area contributed by atoms with Gasteiger partial charge in [0.15, 0.2) is 0 Å². The largest absolute Gasteiger partial charge is 0.492 e. The van der Waals surface area contributed by atoms with E-state index >= 15 is 0 Å². The molecule has 0 aromatic heterocycles. The fraction of sp³-hybridized carbons (Fsp3) is 0.235. The summed E-state index contributed by atoms with van der Waals surface area (Å²) in [5.41, 5.74) is 1.39. The van der Waals surface area contributed by atoms with Crippen LogP contribution in [0.15, 0.2) is 42.5 Å². The molecule has 0 spiro atoms. The smallest absolute Gasteiger partial charge is 0.227 e. The van der Waals surface area contributed by atoms with Crippen LogP contribution in [0.5, 0.6) is 5.75 Å². The zero-order valence-electron chi connectivity index (χ0n) is 11.8. The van der Waals surface area contributed by atoms with Crippen LogP contribution in [0.1, 0.15) is 11.1 Å². The number of hydrogen-bond donors (Lipinski definition) is 1. The van der Waals surface area contributed by atoms with Gasteiger partial charge in [0.2, 0.25) is 5.91 Å². The van der Waals surface area contributed by atoms with Crippen molar-refractivity contribution in [3.8, 4) is 5.75 Å². The third-order valence-electron chi connectivity index (χ3n) is 3.71. The fourth-order valence-electron chi connectivity index (χ4n) is 2.50. The Labute approximate surface area is 133 Å². The van der Waals surface area contributed by atoms with Crippen molar-refractivity contribution in [2.24, 2.45) is 5.92 Å². The van der Waals surface area contributed by atoms with E-state index in [2.05, 4.69) is 5.32 Å². The molecule has 1 N–H and O–H groups in total. The van der Waals surface area contributed by atoms with Crippen molar-refractivity contribution in [2.75, 3.05) is 6.61 Å². The third-order valence-corrected chi connectivity index (χ3v) is 3.95. The van der Waals surface area contributed by atoms with Gasteiger partial charge in [-0.25, -0.2) is 4.39 Å². The van der Waals surface area contributed by atoms with E-state index in [9.17, 15) is 9.18 Å². The van der Waals surface area contributed by atoms with Crippen LogP contribution in [0.4, 0.5) is 4.39 Å². The molecule has 3 nitrogen and oxygen atoms in total. The molecule has 1 amide bonds. The predicted octanol–water partition coefficient (Wildman–Crippen LogP) is 3.35. The number of hydrogen-bond acceptors (Lipinski definition) is 2. The lowest BCUT2D eigenvalue weighted by Gasteiger charge is -2.24. The van der Waals surface area contributed by atoms with E-state index in [4.69, 9.17) is 16.3 Å². The van der Waals surface area contributed by atoms with Gasteiger partial charge in [0.1, 0.15) is 18.2 Å². The van der Waals surface area contributed by atoms with Crippen molar-refractivity contribution in [2.45, 2.75) is 13.0 Å². The van der Waals surface area contributed by atoms with E-state index in [1.54, 1.807) is 24.3 Å². The van der Waals surface area contributed by atoms with Crippen LogP contribution in [0.2, 0.25) is 5.02 Å². The van der Waals surface area contributed by atoms with E-state index in [-0.39, 0.29) is 24.2 Å². The van der Waals surface area contributed by atoms with Crippen LogP contribution in [-0.4, -0.2) is 12.5 Å². The maximum absolute atomic E-state index is 13.5. The Bertz CT molecular complexity index is 705. The van der Waals surface area contributed by atoms with Gasteiger partial charge in [0.05, 0.1) is 5.92 Å². The number of carbonyl (C=O) groups is 1. The van der Waals surface area contributed by atoms with Gasteiger partial charge in [0.25, 0.3) is 0 Å². The molecule has 0 saturated heterocycles. The average molecular weight is 320 g/mol. The van der Waals surface area contributed by atoms with Gasteiger partial charge in [0, 0.05) is 17.1 Å². The molecule has 2 aromatic rings. The second-order valence-electron chi connectivity index (χ2n) is 5.27. The van der Waals surface area contributed by atoms with Crippen LogP contribution < -0.4 is 10.1 Å². The van der Waals surface area contributed by atoms with Gasteiger partial charge >= 0.3 is 0 Å². The topological polar surface area (TPSA) is 38.3 Å². The molecule has 0 aliphatic carbocycles. The molecule has 3 rings (SSSR count). The van der Waals surface area contributed by atoms with Gasteiger partial charge in [-0.2, -0.15) is 0 Å². The Kier molecular flexibility index (Phi) is 4.29. The van der Waals surface area contributed by atoms with Crippen molar-refractivity contribution >= 4 is 17.5 Å². The minimum atomic E-state index is -0.320. The highest BCUT2D eigenvalue weighted by molar-refractivity contribution is 6.30. The quantitative estimate of drug-likeness (QED) is 0.942. The van der Waals surface area contributed by atoms with E-state index in [1.165, 1.54) is 6.07 Å². The molecule has 114 valence electrons. The number of benzene rings is 2. The zero-order valence-corrected chi connectivity index (χ0v) is 12.6. The maximum Gasteiger partial charge on any atom is 0.227 e. The third kappa shape index (κ3) is 3.22. The average Bonchev–Trinajstić information content (AvgIpc) is 2.53. The minimum absolute atomic E-state index is 0.145. The Morgan fingerprint density at radius 2 is 2.14 bits per heavy atom. The van der Waals surface area contributed by atoms with E-state index in [0.717, 1.165) is 11.3 Å². The summed E-state index contributed by atoms with van der Waals surface area (Å²) in [4.78, 5) is 12.2. The number of nitrogens with one attached hydrogen (secondary N) is 1. The number of ether oxygens (including phenoxy) is 1. The molecule has 1 heterocycles. The lowest BCUT2D eigenvalue weighted by molar-refractivity contribution is -0.126. The molecule has 1 aliphatic heterocycles. The first-order valence-corrected chi connectivity index (χ1v) is 7.43. The van der Waals surface area contributed by atoms with Crippen LogP contribution in [0, 0.1) is 11.7 Å².